The van der Waals surface area contributed by atoms with E-state index in [1.54, 1.807) is 0 Å². The first-order valence-corrected chi connectivity index (χ1v) is 5.54. The quantitative estimate of drug-likeness (QED) is 0.729. The summed E-state index contributed by atoms with van der Waals surface area (Å²) in [5.74, 6) is 0.848. The molecule has 0 radical (unpaired) electrons. The molecule has 0 bridgehead atoms. The molecule has 0 saturated carbocycles. The summed E-state index contributed by atoms with van der Waals surface area (Å²) in [6.07, 6.45) is 0. The zero-order valence-electron chi connectivity index (χ0n) is 10.4. The van der Waals surface area contributed by atoms with E-state index in [1.165, 1.54) is 11.1 Å². The van der Waals surface area contributed by atoms with Gasteiger partial charge in [-0.15, -0.1) is 0 Å². The van der Waals surface area contributed by atoms with E-state index in [0.29, 0.717) is 11.8 Å². The van der Waals surface area contributed by atoms with Gasteiger partial charge in [0.05, 0.1) is 0 Å². The largest absolute Gasteiger partial charge is 0.398 e. The van der Waals surface area contributed by atoms with E-state index in [-0.39, 0.29) is 0 Å². The zero-order chi connectivity index (χ0) is 11.7. The first-order valence-electron chi connectivity index (χ1n) is 5.54. The number of hydrogen-bond donors (Lipinski definition) is 2. The number of nitrogen functional groups attached to an aromatic ring is 2. The maximum absolute atomic E-state index is 6.14. The van der Waals surface area contributed by atoms with Crippen molar-refractivity contribution in [3.8, 4) is 0 Å². The number of hydrogen-bond acceptors (Lipinski definition) is 2. The van der Waals surface area contributed by atoms with Crippen molar-refractivity contribution in [3.63, 3.8) is 0 Å². The Morgan fingerprint density at radius 2 is 1.53 bits per heavy atom. The number of rotatable bonds is 2. The fourth-order valence-corrected chi connectivity index (χ4v) is 2.11. The molecule has 0 aliphatic rings. The van der Waals surface area contributed by atoms with Crippen molar-refractivity contribution in [1.29, 1.82) is 0 Å². The Labute approximate surface area is 92.7 Å². The lowest BCUT2D eigenvalue weighted by Crippen LogP contribution is -2.07. The second-order valence-corrected chi connectivity index (χ2v) is 4.82. The minimum atomic E-state index is 0.380. The minimum Gasteiger partial charge on any atom is -0.398 e. The molecule has 0 fully saturated rings. The van der Waals surface area contributed by atoms with E-state index in [1.807, 2.05) is 0 Å². The monoisotopic (exact) mass is 206 g/mol. The summed E-state index contributed by atoms with van der Waals surface area (Å²) < 4.78 is 0. The molecule has 1 aromatic carbocycles. The summed E-state index contributed by atoms with van der Waals surface area (Å²) in [4.78, 5) is 0. The maximum Gasteiger partial charge on any atom is 0.0402 e. The van der Waals surface area contributed by atoms with Crippen LogP contribution in [0.5, 0.6) is 0 Å². The molecule has 15 heavy (non-hydrogen) atoms. The molecule has 0 saturated heterocycles. The number of benzene rings is 1. The van der Waals surface area contributed by atoms with Crippen molar-refractivity contribution in [2.75, 3.05) is 11.5 Å². The highest BCUT2D eigenvalue weighted by molar-refractivity contribution is 5.69. The first kappa shape index (κ1) is 11.9. The van der Waals surface area contributed by atoms with E-state index in [0.717, 1.165) is 16.9 Å². The van der Waals surface area contributed by atoms with E-state index >= 15 is 0 Å². The molecule has 0 aromatic heterocycles. The summed E-state index contributed by atoms with van der Waals surface area (Å²) in [6.45, 7) is 10.6. The fraction of sp³-hybridized carbons (Fsp3) is 0.538. The van der Waals surface area contributed by atoms with Crippen molar-refractivity contribution in [3.05, 3.63) is 22.8 Å². The Morgan fingerprint density at radius 3 is 1.93 bits per heavy atom. The van der Waals surface area contributed by atoms with Gasteiger partial charge in [0.15, 0.2) is 0 Å². The molecular weight excluding hydrogens is 184 g/mol. The summed E-state index contributed by atoms with van der Waals surface area (Å²) in [6, 6.07) is 2.08. The van der Waals surface area contributed by atoms with Gasteiger partial charge in [0.25, 0.3) is 0 Å². The van der Waals surface area contributed by atoms with Gasteiger partial charge < -0.3 is 11.5 Å². The van der Waals surface area contributed by atoms with Crippen LogP contribution in [0.15, 0.2) is 6.07 Å². The first-order chi connectivity index (χ1) is 6.86. The second-order valence-electron chi connectivity index (χ2n) is 4.82. The van der Waals surface area contributed by atoms with Crippen molar-refractivity contribution in [2.45, 2.75) is 46.5 Å². The molecule has 0 unspecified atom stereocenters. The highest BCUT2D eigenvalue weighted by atomic mass is 14.6. The highest BCUT2D eigenvalue weighted by Crippen LogP contribution is 2.35. The van der Waals surface area contributed by atoms with Crippen LogP contribution in [0.4, 0.5) is 11.4 Å². The van der Waals surface area contributed by atoms with E-state index in [4.69, 9.17) is 11.5 Å². The van der Waals surface area contributed by atoms with Gasteiger partial charge in [-0.05, 0) is 36.0 Å². The summed E-state index contributed by atoms with van der Waals surface area (Å²) in [5.41, 5.74) is 17.4. The molecule has 0 aliphatic heterocycles. The van der Waals surface area contributed by atoms with E-state index in [2.05, 4.69) is 40.7 Å². The average Bonchev–Trinajstić information content (AvgIpc) is 2.10. The van der Waals surface area contributed by atoms with Gasteiger partial charge in [0, 0.05) is 16.9 Å². The molecule has 4 N–H and O–H groups in total. The van der Waals surface area contributed by atoms with Crippen LogP contribution in [-0.4, -0.2) is 0 Å². The van der Waals surface area contributed by atoms with Gasteiger partial charge >= 0.3 is 0 Å². The summed E-state index contributed by atoms with van der Waals surface area (Å²) in [5, 5.41) is 0. The third-order valence-electron chi connectivity index (χ3n) is 2.95. The van der Waals surface area contributed by atoms with Crippen molar-refractivity contribution in [2.24, 2.45) is 0 Å². The van der Waals surface area contributed by atoms with Gasteiger partial charge in [-0.2, -0.15) is 0 Å². The minimum absolute atomic E-state index is 0.380. The lowest BCUT2D eigenvalue weighted by molar-refractivity contribution is 0.841. The molecule has 0 aliphatic carbocycles. The normalized spacial score (nSPS) is 11.4. The molecular formula is C13H22N2. The second kappa shape index (κ2) is 4.13. The Balaban J connectivity index is 3.44. The van der Waals surface area contributed by atoms with Crippen LogP contribution in [0.2, 0.25) is 0 Å². The fourth-order valence-electron chi connectivity index (χ4n) is 2.11. The molecule has 0 spiro atoms. The summed E-state index contributed by atoms with van der Waals surface area (Å²) >= 11 is 0. The van der Waals surface area contributed by atoms with Crippen LogP contribution >= 0.6 is 0 Å². The third-order valence-corrected chi connectivity index (χ3v) is 2.95. The van der Waals surface area contributed by atoms with Crippen LogP contribution in [0.3, 0.4) is 0 Å². The average molecular weight is 206 g/mol. The van der Waals surface area contributed by atoms with Crippen molar-refractivity contribution in [1.82, 2.24) is 0 Å². The van der Waals surface area contributed by atoms with Gasteiger partial charge in [0.1, 0.15) is 0 Å². The third kappa shape index (κ3) is 2.09. The van der Waals surface area contributed by atoms with Gasteiger partial charge in [-0.3, -0.25) is 0 Å². The zero-order valence-corrected chi connectivity index (χ0v) is 10.4. The van der Waals surface area contributed by atoms with Crippen molar-refractivity contribution >= 4 is 11.4 Å². The lowest BCUT2D eigenvalue weighted by atomic mass is 9.89. The van der Waals surface area contributed by atoms with Crippen LogP contribution in [0, 0.1) is 6.92 Å². The molecule has 0 amide bonds. The standard InChI is InChI=1S/C13H22N2/c1-7(2)10-6-11(14)12(8(3)4)13(15)9(10)5/h6-8H,14-15H2,1-5H3. The summed E-state index contributed by atoms with van der Waals surface area (Å²) in [7, 11) is 0. The molecule has 0 heterocycles. The predicted molar refractivity (Wildman–Crippen MR) is 68.2 cm³/mol. The molecule has 84 valence electrons. The topological polar surface area (TPSA) is 52.0 Å². The molecule has 1 aromatic rings. The van der Waals surface area contributed by atoms with Gasteiger partial charge in [-0.1, -0.05) is 27.7 Å². The van der Waals surface area contributed by atoms with E-state index in [9.17, 15) is 0 Å². The number of nitrogens with two attached hydrogens (primary N) is 2. The van der Waals surface area contributed by atoms with Crippen LogP contribution < -0.4 is 11.5 Å². The van der Waals surface area contributed by atoms with Gasteiger partial charge in [-0.25, -0.2) is 0 Å². The molecule has 2 nitrogen and oxygen atoms in total. The SMILES string of the molecule is Cc1c(C(C)C)cc(N)c(C(C)C)c1N. The lowest BCUT2D eigenvalue weighted by Gasteiger charge is -2.20. The number of anilines is 2. The van der Waals surface area contributed by atoms with Crippen LogP contribution in [0.25, 0.3) is 0 Å². The molecule has 2 heteroatoms. The van der Waals surface area contributed by atoms with Crippen molar-refractivity contribution < 1.29 is 0 Å². The van der Waals surface area contributed by atoms with E-state index < -0.39 is 0 Å². The maximum atomic E-state index is 6.14. The van der Waals surface area contributed by atoms with Crippen LogP contribution in [0.1, 0.15) is 56.2 Å². The van der Waals surface area contributed by atoms with Crippen LogP contribution in [-0.2, 0) is 0 Å². The molecule has 1 rings (SSSR count). The Kier molecular flexibility index (Phi) is 3.28. The van der Waals surface area contributed by atoms with Gasteiger partial charge in [0.2, 0.25) is 0 Å². The predicted octanol–water partition coefficient (Wildman–Crippen LogP) is 3.41. The molecule has 0 atom stereocenters. The Hall–Kier alpha value is -1.18. The Morgan fingerprint density at radius 1 is 1.00 bits per heavy atom. The smallest absolute Gasteiger partial charge is 0.0402 e. The highest BCUT2D eigenvalue weighted by Gasteiger charge is 2.15. The Bertz CT molecular complexity index is 365.